The molecule has 4 heteroatoms. The summed E-state index contributed by atoms with van der Waals surface area (Å²) in [5.74, 6) is 0. The van der Waals surface area contributed by atoms with Gasteiger partial charge in [0.05, 0.1) is 0 Å². The molecule has 3 N–H and O–H groups in total. The predicted molar refractivity (Wildman–Crippen MR) is 57.0 cm³/mol. The van der Waals surface area contributed by atoms with Crippen molar-refractivity contribution in [1.82, 2.24) is 5.32 Å². The van der Waals surface area contributed by atoms with Crippen LogP contribution in [0.4, 0.5) is 4.79 Å². The molecule has 82 valence electrons. The number of benzene rings is 1. The van der Waals surface area contributed by atoms with Crippen molar-refractivity contribution in [1.29, 1.82) is 0 Å². The summed E-state index contributed by atoms with van der Waals surface area (Å²) in [7, 11) is 0. The predicted octanol–water partition coefficient (Wildman–Crippen LogP) is 2.16. The van der Waals surface area contributed by atoms with Gasteiger partial charge in [0.1, 0.15) is 0 Å². The smallest absolute Gasteiger partial charge is 0.450 e. The molecule has 0 aromatic heterocycles. The molecular formula is C11H15NO3. The second kappa shape index (κ2) is 6.03. The zero-order valence-corrected chi connectivity index (χ0v) is 8.39. The molecule has 0 bridgehead atoms. The quantitative estimate of drug-likeness (QED) is 0.713. The zero-order chi connectivity index (χ0) is 11.1. The number of nitrogens with one attached hydrogen (secondary N) is 1. The van der Waals surface area contributed by atoms with Crippen LogP contribution in [0, 0.1) is 0 Å². The number of carboxylic acid groups (broad SMARTS) is 2. The average Bonchev–Trinajstić information content (AvgIpc) is 2.99. The number of hydrogen-bond acceptors (Lipinski definition) is 2. The van der Waals surface area contributed by atoms with Crippen LogP contribution in [0.2, 0.25) is 0 Å². The lowest BCUT2D eigenvalue weighted by Gasteiger charge is -2.00. The summed E-state index contributed by atoms with van der Waals surface area (Å²) in [6, 6.07) is 11.4. The van der Waals surface area contributed by atoms with Crippen molar-refractivity contribution in [2.75, 3.05) is 0 Å². The summed E-state index contributed by atoms with van der Waals surface area (Å²) < 4.78 is 0. The summed E-state index contributed by atoms with van der Waals surface area (Å²) in [4.78, 5) is 8.56. The minimum absolute atomic E-state index is 0.815. The Morgan fingerprint density at radius 3 is 2.27 bits per heavy atom. The molecule has 0 heterocycles. The van der Waals surface area contributed by atoms with E-state index in [0.29, 0.717) is 0 Å². The molecule has 0 unspecified atom stereocenters. The van der Waals surface area contributed by atoms with Crippen LogP contribution in [0.1, 0.15) is 18.4 Å². The average molecular weight is 209 g/mol. The SMILES string of the molecule is O=C(O)O.c1ccc(CNC2CC2)cc1. The van der Waals surface area contributed by atoms with E-state index in [1.54, 1.807) is 0 Å². The van der Waals surface area contributed by atoms with Crippen molar-refractivity contribution < 1.29 is 15.0 Å². The molecule has 1 aromatic rings. The van der Waals surface area contributed by atoms with Crippen LogP contribution >= 0.6 is 0 Å². The Bertz CT molecular complexity index is 292. The Labute approximate surface area is 88.6 Å². The first-order valence-electron chi connectivity index (χ1n) is 4.87. The highest BCUT2D eigenvalue weighted by molar-refractivity contribution is 5.53. The number of rotatable bonds is 3. The van der Waals surface area contributed by atoms with E-state index >= 15 is 0 Å². The van der Waals surface area contributed by atoms with Gasteiger partial charge in [-0.2, -0.15) is 0 Å². The maximum absolute atomic E-state index is 8.56. The van der Waals surface area contributed by atoms with Gasteiger partial charge in [-0.25, -0.2) is 4.79 Å². The van der Waals surface area contributed by atoms with E-state index in [9.17, 15) is 0 Å². The fourth-order valence-corrected chi connectivity index (χ4v) is 1.15. The largest absolute Gasteiger partial charge is 0.503 e. The lowest BCUT2D eigenvalue weighted by atomic mass is 10.2. The maximum Gasteiger partial charge on any atom is 0.503 e. The highest BCUT2D eigenvalue weighted by Gasteiger charge is 2.19. The third-order valence-electron chi connectivity index (χ3n) is 2.02. The number of hydrogen-bond donors (Lipinski definition) is 3. The van der Waals surface area contributed by atoms with E-state index in [2.05, 4.69) is 35.6 Å². The summed E-state index contributed by atoms with van der Waals surface area (Å²) in [6.45, 7) is 1.03. The third kappa shape index (κ3) is 6.51. The maximum atomic E-state index is 8.56. The van der Waals surface area contributed by atoms with Gasteiger partial charge in [0.25, 0.3) is 0 Å². The first-order valence-corrected chi connectivity index (χ1v) is 4.87. The Kier molecular flexibility index (Phi) is 4.63. The first-order chi connectivity index (χ1) is 7.18. The van der Waals surface area contributed by atoms with Crippen LogP contribution in [-0.4, -0.2) is 22.4 Å². The van der Waals surface area contributed by atoms with Crippen molar-refractivity contribution in [3.63, 3.8) is 0 Å². The molecule has 0 saturated heterocycles. The van der Waals surface area contributed by atoms with Gasteiger partial charge in [-0.1, -0.05) is 30.3 Å². The Hall–Kier alpha value is -1.55. The molecule has 1 aromatic carbocycles. The van der Waals surface area contributed by atoms with Gasteiger partial charge in [-0.3, -0.25) is 0 Å². The standard InChI is InChI=1S/C10H13N.CH2O3/c1-2-4-9(5-3-1)8-11-10-6-7-10;2-1(3)4/h1-5,10-11H,6-8H2;(H2,2,3,4). The molecule has 1 aliphatic rings. The lowest BCUT2D eigenvalue weighted by molar-refractivity contribution is 0.137. The van der Waals surface area contributed by atoms with Crippen molar-refractivity contribution in [3.8, 4) is 0 Å². The molecule has 0 amide bonds. The topological polar surface area (TPSA) is 69.6 Å². The van der Waals surface area contributed by atoms with Crippen LogP contribution in [0.15, 0.2) is 30.3 Å². The van der Waals surface area contributed by atoms with Gasteiger partial charge in [0.2, 0.25) is 0 Å². The van der Waals surface area contributed by atoms with E-state index < -0.39 is 6.16 Å². The fraction of sp³-hybridized carbons (Fsp3) is 0.364. The molecule has 1 aliphatic carbocycles. The summed E-state index contributed by atoms with van der Waals surface area (Å²) in [5.41, 5.74) is 1.39. The Morgan fingerprint density at radius 2 is 1.80 bits per heavy atom. The normalized spacial score (nSPS) is 13.9. The summed E-state index contributed by atoms with van der Waals surface area (Å²) in [6.07, 6.45) is 0.902. The van der Waals surface area contributed by atoms with Crippen molar-refractivity contribution in [3.05, 3.63) is 35.9 Å². The molecular weight excluding hydrogens is 194 g/mol. The molecule has 0 aliphatic heterocycles. The first kappa shape index (κ1) is 11.5. The van der Waals surface area contributed by atoms with E-state index in [1.807, 2.05) is 0 Å². The molecule has 4 nitrogen and oxygen atoms in total. The highest BCUT2D eigenvalue weighted by Crippen LogP contribution is 2.19. The van der Waals surface area contributed by atoms with Gasteiger partial charge in [0, 0.05) is 12.6 Å². The Balaban J connectivity index is 0.000000245. The Morgan fingerprint density at radius 1 is 1.27 bits per heavy atom. The second-order valence-electron chi connectivity index (χ2n) is 3.42. The molecule has 0 radical (unpaired) electrons. The molecule has 15 heavy (non-hydrogen) atoms. The lowest BCUT2D eigenvalue weighted by Crippen LogP contribution is -2.14. The molecule has 2 rings (SSSR count). The molecule has 0 spiro atoms. The highest BCUT2D eigenvalue weighted by atomic mass is 16.6. The van der Waals surface area contributed by atoms with E-state index in [-0.39, 0.29) is 0 Å². The third-order valence-corrected chi connectivity index (χ3v) is 2.02. The van der Waals surface area contributed by atoms with Crippen LogP contribution in [0.25, 0.3) is 0 Å². The van der Waals surface area contributed by atoms with Crippen molar-refractivity contribution >= 4 is 6.16 Å². The van der Waals surface area contributed by atoms with Gasteiger partial charge in [-0.05, 0) is 18.4 Å². The number of carbonyl (C=O) groups is 1. The van der Waals surface area contributed by atoms with Crippen LogP contribution in [0.5, 0.6) is 0 Å². The zero-order valence-electron chi connectivity index (χ0n) is 8.39. The van der Waals surface area contributed by atoms with Gasteiger partial charge < -0.3 is 15.5 Å². The molecule has 1 fully saturated rings. The van der Waals surface area contributed by atoms with Crippen LogP contribution in [-0.2, 0) is 6.54 Å². The van der Waals surface area contributed by atoms with Crippen LogP contribution < -0.4 is 5.32 Å². The van der Waals surface area contributed by atoms with Crippen LogP contribution in [0.3, 0.4) is 0 Å². The van der Waals surface area contributed by atoms with Crippen molar-refractivity contribution in [2.45, 2.75) is 25.4 Å². The van der Waals surface area contributed by atoms with E-state index in [0.717, 1.165) is 12.6 Å². The second-order valence-corrected chi connectivity index (χ2v) is 3.42. The van der Waals surface area contributed by atoms with Crippen molar-refractivity contribution in [2.24, 2.45) is 0 Å². The molecule has 1 saturated carbocycles. The van der Waals surface area contributed by atoms with E-state index in [4.69, 9.17) is 15.0 Å². The van der Waals surface area contributed by atoms with Gasteiger partial charge >= 0.3 is 6.16 Å². The van der Waals surface area contributed by atoms with Gasteiger partial charge in [-0.15, -0.1) is 0 Å². The van der Waals surface area contributed by atoms with E-state index in [1.165, 1.54) is 18.4 Å². The minimum Gasteiger partial charge on any atom is -0.450 e. The fourth-order valence-electron chi connectivity index (χ4n) is 1.15. The van der Waals surface area contributed by atoms with Gasteiger partial charge in [0.15, 0.2) is 0 Å². The summed E-state index contributed by atoms with van der Waals surface area (Å²) >= 11 is 0. The summed E-state index contributed by atoms with van der Waals surface area (Å²) in [5, 5.41) is 17.4. The molecule has 0 atom stereocenters. The monoisotopic (exact) mass is 209 g/mol. The minimum atomic E-state index is -1.83.